The smallest absolute Gasteiger partial charge is 0.136 e. The molecular formula is C22H26Cl2FN3O. The molecule has 1 saturated heterocycles. The molecule has 1 N–H and O–H groups in total. The van der Waals surface area contributed by atoms with Crippen LogP contribution in [0.1, 0.15) is 11.1 Å². The number of fused-ring (bicyclic) bond motifs is 1. The van der Waals surface area contributed by atoms with Crippen LogP contribution in [0.15, 0.2) is 59.6 Å². The van der Waals surface area contributed by atoms with Crippen molar-refractivity contribution in [2.24, 2.45) is 4.99 Å². The number of aliphatic hydroxyl groups is 1. The maximum absolute atomic E-state index is 13.7. The summed E-state index contributed by atoms with van der Waals surface area (Å²) < 4.78 is 13.7. The number of β-amino-alcohol motifs (C(OH)–C–C–N with tert-alkyl or cyclic N) is 1. The highest BCUT2D eigenvalue weighted by Gasteiger charge is 2.24. The summed E-state index contributed by atoms with van der Waals surface area (Å²) in [6, 6.07) is 15.1. The van der Waals surface area contributed by atoms with Crippen molar-refractivity contribution < 1.29 is 9.50 Å². The van der Waals surface area contributed by atoms with Gasteiger partial charge in [0.05, 0.1) is 12.3 Å². The number of allylic oxidation sites excluding steroid dienone is 1. The van der Waals surface area contributed by atoms with Gasteiger partial charge in [0, 0.05) is 38.3 Å². The number of halogens is 3. The van der Waals surface area contributed by atoms with Gasteiger partial charge in [-0.1, -0.05) is 36.4 Å². The molecule has 156 valence electrons. The Morgan fingerprint density at radius 2 is 1.69 bits per heavy atom. The van der Waals surface area contributed by atoms with Crippen molar-refractivity contribution in [3.8, 4) is 0 Å². The summed E-state index contributed by atoms with van der Waals surface area (Å²) in [5.41, 5.74) is 3.98. The quantitative estimate of drug-likeness (QED) is 0.789. The number of amidine groups is 1. The minimum atomic E-state index is -0.223. The molecule has 0 bridgehead atoms. The van der Waals surface area contributed by atoms with E-state index >= 15 is 0 Å². The van der Waals surface area contributed by atoms with Gasteiger partial charge in [-0.25, -0.2) is 9.38 Å². The third kappa shape index (κ3) is 5.37. The molecule has 0 aromatic heterocycles. The third-order valence-electron chi connectivity index (χ3n) is 5.21. The molecule has 2 aliphatic rings. The Morgan fingerprint density at radius 1 is 0.966 bits per heavy atom. The summed E-state index contributed by atoms with van der Waals surface area (Å²) in [5.74, 6) is 0.731. The monoisotopic (exact) mass is 437 g/mol. The molecule has 0 atom stereocenters. The second kappa shape index (κ2) is 10.7. The maximum atomic E-state index is 13.7. The maximum Gasteiger partial charge on any atom is 0.136 e. The van der Waals surface area contributed by atoms with E-state index in [-0.39, 0.29) is 37.2 Å². The van der Waals surface area contributed by atoms with Gasteiger partial charge in [0.2, 0.25) is 0 Å². The first-order valence-electron chi connectivity index (χ1n) is 9.46. The Labute approximate surface area is 183 Å². The van der Waals surface area contributed by atoms with Gasteiger partial charge in [0.1, 0.15) is 11.7 Å². The minimum Gasteiger partial charge on any atom is -0.395 e. The first-order chi connectivity index (χ1) is 13.2. The highest BCUT2D eigenvalue weighted by molar-refractivity contribution is 6.23. The van der Waals surface area contributed by atoms with Crippen LogP contribution in [0.4, 0.5) is 10.1 Å². The van der Waals surface area contributed by atoms with Crippen LogP contribution in [-0.2, 0) is 6.42 Å². The van der Waals surface area contributed by atoms with E-state index in [0.29, 0.717) is 13.0 Å². The molecule has 0 saturated carbocycles. The van der Waals surface area contributed by atoms with Crippen LogP contribution >= 0.6 is 24.8 Å². The zero-order valence-corrected chi connectivity index (χ0v) is 17.8. The molecule has 0 unspecified atom stereocenters. The van der Waals surface area contributed by atoms with E-state index < -0.39 is 0 Å². The number of hydrogen-bond acceptors (Lipinski definition) is 4. The SMILES string of the molecule is Cl.Cl.OCCN1CCN(C2=Nc3ccc(F)cc3CC=C2c2ccccc2)CC1. The van der Waals surface area contributed by atoms with Crippen molar-refractivity contribution in [1.29, 1.82) is 0 Å². The van der Waals surface area contributed by atoms with E-state index in [1.165, 1.54) is 6.07 Å². The van der Waals surface area contributed by atoms with E-state index in [9.17, 15) is 9.50 Å². The number of rotatable bonds is 3. The largest absolute Gasteiger partial charge is 0.395 e. The fraction of sp³-hybridized carbons (Fsp3) is 0.318. The molecule has 1 fully saturated rings. The van der Waals surface area contributed by atoms with Gasteiger partial charge in [-0.15, -0.1) is 24.8 Å². The second-order valence-electron chi connectivity index (χ2n) is 6.95. The Morgan fingerprint density at radius 3 is 2.38 bits per heavy atom. The molecule has 2 aromatic carbocycles. The number of hydrogen-bond donors (Lipinski definition) is 1. The third-order valence-corrected chi connectivity index (χ3v) is 5.21. The lowest BCUT2D eigenvalue weighted by atomic mass is 10.0. The zero-order valence-electron chi connectivity index (χ0n) is 16.1. The Bertz CT molecular complexity index is 866. The molecule has 0 radical (unpaired) electrons. The molecular weight excluding hydrogens is 412 g/mol. The van der Waals surface area contributed by atoms with Gasteiger partial charge in [0.15, 0.2) is 0 Å². The van der Waals surface area contributed by atoms with E-state index in [0.717, 1.165) is 54.4 Å². The van der Waals surface area contributed by atoms with E-state index in [4.69, 9.17) is 4.99 Å². The van der Waals surface area contributed by atoms with Crippen molar-refractivity contribution in [3.63, 3.8) is 0 Å². The van der Waals surface area contributed by atoms with E-state index in [1.54, 1.807) is 12.1 Å². The predicted octanol–water partition coefficient (Wildman–Crippen LogP) is 3.95. The highest BCUT2D eigenvalue weighted by Crippen LogP contribution is 2.30. The van der Waals surface area contributed by atoms with E-state index in [1.807, 2.05) is 18.2 Å². The van der Waals surface area contributed by atoms with Crippen LogP contribution in [0.2, 0.25) is 0 Å². The Hall–Kier alpha value is -1.92. The Balaban J connectivity index is 0.00000150. The number of benzene rings is 2. The summed E-state index contributed by atoms with van der Waals surface area (Å²) >= 11 is 0. The standard InChI is InChI=1S/C22H24FN3O.2ClH/c23-19-7-9-21-18(16-19)6-8-20(17-4-2-1-3-5-17)22(24-21)26-12-10-25(11-13-26)14-15-27;;/h1-5,7-9,16,27H,6,10-15H2;2*1H. The van der Waals surface area contributed by atoms with E-state index in [2.05, 4.69) is 28.0 Å². The lowest BCUT2D eigenvalue weighted by Crippen LogP contribution is -2.49. The molecule has 0 spiro atoms. The predicted molar refractivity (Wildman–Crippen MR) is 121 cm³/mol. The average molecular weight is 438 g/mol. The molecule has 2 heterocycles. The number of piperazine rings is 1. The molecule has 0 amide bonds. The topological polar surface area (TPSA) is 39.1 Å². The van der Waals surface area contributed by atoms with Gasteiger partial charge in [-0.2, -0.15) is 0 Å². The fourth-order valence-electron chi connectivity index (χ4n) is 3.73. The molecule has 2 aromatic rings. The van der Waals surface area contributed by atoms with Crippen molar-refractivity contribution in [2.75, 3.05) is 39.3 Å². The molecule has 7 heteroatoms. The van der Waals surface area contributed by atoms with Crippen LogP contribution in [0, 0.1) is 5.82 Å². The first kappa shape index (κ1) is 23.4. The number of nitrogens with zero attached hydrogens (tertiary/aromatic N) is 3. The van der Waals surface area contributed by atoms with Gasteiger partial charge in [-0.05, 0) is 35.7 Å². The van der Waals surface area contributed by atoms with Gasteiger partial charge < -0.3 is 10.0 Å². The van der Waals surface area contributed by atoms with Crippen molar-refractivity contribution in [1.82, 2.24) is 9.80 Å². The van der Waals surface area contributed by atoms with Gasteiger partial charge >= 0.3 is 0 Å². The highest BCUT2D eigenvalue weighted by atomic mass is 35.5. The molecule has 2 aliphatic heterocycles. The normalized spacial score (nSPS) is 16.6. The van der Waals surface area contributed by atoms with Crippen molar-refractivity contribution in [2.45, 2.75) is 6.42 Å². The van der Waals surface area contributed by atoms with Gasteiger partial charge in [-0.3, -0.25) is 4.90 Å². The minimum absolute atomic E-state index is 0. The molecule has 4 rings (SSSR count). The summed E-state index contributed by atoms with van der Waals surface area (Å²) in [5, 5.41) is 9.17. The number of aliphatic imine (C=N–C) groups is 1. The lowest BCUT2D eigenvalue weighted by Gasteiger charge is -2.36. The second-order valence-corrected chi connectivity index (χ2v) is 6.95. The van der Waals surface area contributed by atoms with Crippen LogP contribution in [0.5, 0.6) is 0 Å². The average Bonchev–Trinajstić information content (AvgIpc) is 2.89. The van der Waals surface area contributed by atoms with Gasteiger partial charge in [0.25, 0.3) is 0 Å². The summed E-state index contributed by atoms with van der Waals surface area (Å²) in [6.45, 7) is 4.42. The molecule has 29 heavy (non-hydrogen) atoms. The van der Waals surface area contributed by atoms with Crippen LogP contribution in [-0.4, -0.2) is 60.1 Å². The Kier molecular flexibility index (Phi) is 8.65. The molecule has 0 aliphatic carbocycles. The van der Waals surface area contributed by atoms with Crippen molar-refractivity contribution in [3.05, 3.63) is 71.6 Å². The summed E-state index contributed by atoms with van der Waals surface area (Å²) in [7, 11) is 0. The van der Waals surface area contributed by atoms with Crippen LogP contribution < -0.4 is 0 Å². The van der Waals surface area contributed by atoms with Crippen LogP contribution in [0.3, 0.4) is 0 Å². The fourth-order valence-corrected chi connectivity index (χ4v) is 3.73. The molecule has 4 nitrogen and oxygen atoms in total. The van der Waals surface area contributed by atoms with Crippen LogP contribution in [0.25, 0.3) is 5.57 Å². The number of aliphatic hydroxyl groups excluding tert-OH is 1. The summed E-state index contributed by atoms with van der Waals surface area (Å²) in [4.78, 5) is 9.55. The first-order valence-corrected chi connectivity index (χ1v) is 9.46. The zero-order chi connectivity index (χ0) is 18.6. The van der Waals surface area contributed by atoms with Crippen molar-refractivity contribution >= 4 is 41.9 Å². The summed E-state index contributed by atoms with van der Waals surface area (Å²) in [6.07, 6.45) is 2.83. The lowest BCUT2D eigenvalue weighted by molar-refractivity contribution is 0.148.